The number of rotatable bonds is 5. The average Bonchev–Trinajstić information content (AvgIpc) is 3.33. The Morgan fingerprint density at radius 1 is 1.18 bits per heavy atom. The summed E-state index contributed by atoms with van der Waals surface area (Å²) in [4.78, 5) is 30.7. The molecule has 4 heterocycles. The van der Waals surface area contributed by atoms with Gasteiger partial charge in [-0.25, -0.2) is 23.7 Å². The first-order valence-electron chi connectivity index (χ1n) is 11.0. The van der Waals surface area contributed by atoms with Gasteiger partial charge in [0.25, 0.3) is 5.91 Å². The standard InChI is InChI=1S/C24H24F2N6O2/c1-5-30-22(33)19-21(32-13-24(2,3)29-23(30)32)31(12-15-6-7-16(25)11-17(15)26)20(28-19)14-8-9-27-18(10-14)34-4/h6-11H,5,12-13H2,1-4H3. The number of aromatic nitrogens is 3. The molecule has 0 radical (unpaired) electrons. The number of hydrogen-bond acceptors (Lipinski definition) is 6. The summed E-state index contributed by atoms with van der Waals surface area (Å²) in [6.07, 6.45) is 1.58. The molecule has 0 saturated heterocycles. The number of amides is 1. The summed E-state index contributed by atoms with van der Waals surface area (Å²) in [7, 11) is 1.51. The number of pyridine rings is 1. The van der Waals surface area contributed by atoms with Gasteiger partial charge in [-0.3, -0.25) is 14.6 Å². The van der Waals surface area contributed by atoms with Crippen molar-refractivity contribution in [3.63, 3.8) is 0 Å². The molecule has 1 aromatic carbocycles. The normalized spacial score (nSPS) is 16.4. The second-order valence-electron chi connectivity index (χ2n) is 8.88. The Morgan fingerprint density at radius 3 is 2.68 bits per heavy atom. The Morgan fingerprint density at radius 2 is 1.97 bits per heavy atom. The van der Waals surface area contributed by atoms with Gasteiger partial charge in [0, 0.05) is 36.0 Å². The van der Waals surface area contributed by atoms with Crippen LogP contribution >= 0.6 is 0 Å². The van der Waals surface area contributed by atoms with Gasteiger partial charge in [-0.1, -0.05) is 6.07 Å². The molecule has 2 aliphatic heterocycles. The van der Waals surface area contributed by atoms with E-state index in [1.165, 1.54) is 19.2 Å². The molecule has 0 saturated carbocycles. The van der Waals surface area contributed by atoms with Crippen molar-refractivity contribution in [2.45, 2.75) is 32.9 Å². The van der Waals surface area contributed by atoms with Gasteiger partial charge in [-0.2, -0.15) is 0 Å². The highest BCUT2D eigenvalue weighted by molar-refractivity contribution is 6.18. The summed E-state index contributed by atoms with van der Waals surface area (Å²) >= 11 is 0. The molecule has 8 nitrogen and oxygen atoms in total. The average molecular weight is 466 g/mol. The summed E-state index contributed by atoms with van der Waals surface area (Å²) < 4.78 is 35.3. The van der Waals surface area contributed by atoms with Crippen molar-refractivity contribution in [1.82, 2.24) is 19.4 Å². The lowest BCUT2D eigenvalue weighted by Gasteiger charge is -2.34. The van der Waals surface area contributed by atoms with Crippen molar-refractivity contribution >= 4 is 17.7 Å². The molecule has 2 aromatic heterocycles. The van der Waals surface area contributed by atoms with E-state index in [9.17, 15) is 13.6 Å². The van der Waals surface area contributed by atoms with E-state index in [4.69, 9.17) is 14.7 Å². The highest BCUT2D eigenvalue weighted by atomic mass is 19.1. The monoisotopic (exact) mass is 466 g/mol. The molecule has 0 atom stereocenters. The first-order valence-corrected chi connectivity index (χ1v) is 11.0. The second-order valence-corrected chi connectivity index (χ2v) is 8.88. The number of carbonyl (C=O) groups is 1. The maximum Gasteiger partial charge on any atom is 0.283 e. The number of aliphatic imine (C=N–C) groups is 1. The van der Waals surface area contributed by atoms with E-state index in [0.717, 1.165) is 6.07 Å². The molecule has 0 N–H and O–H groups in total. The third-order valence-electron chi connectivity index (χ3n) is 5.94. The maximum atomic E-state index is 14.7. The van der Waals surface area contributed by atoms with Gasteiger partial charge in [0.2, 0.25) is 11.8 Å². The maximum absolute atomic E-state index is 14.7. The zero-order valence-electron chi connectivity index (χ0n) is 19.3. The van der Waals surface area contributed by atoms with E-state index >= 15 is 0 Å². The SMILES string of the molecule is CCN1C(=O)c2nc(-c3ccnc(OC)c3)n(Cc3ccc(F)cc3F)c2N2CC(C)(C)N=C12. The van der Waals surface area contributed by atoms with E-state index in [2.05, 4.69) is 4.98 Å². The van der Waals surface area contributed by atoms with E-state index in [0.29, 0.717) is 42.1 Å². The van der Waals surface area contributed by atoms with Crippen molar-refractivity contribution in [1.29, 1.82) is 0 Å². The number of benzene rings is 1. The van der Waals surface area contributed by atoms with Gasteiger partial charge in [0.05, 0.1) is 25.7 Å². The van der Waals surface area contributed by atoms with Crippen molar-refractivity contribution in [3.05, 3.63) is 59.4 Å². The molecule has 0 spiro atoms. The van der Waals surface area contributed by atoms with Crippen LogP contribution in [0.2, 0.25) is 0 Å². The molecule has 34 heavy (non-hydrogen) atoms. The Balaban J connectivity index is 1.75. The number of methoxy groups -OCH3 is 1. The van der Waals surface area contributed by atoms with Crippen LogP contribution in [0.3, 0.4) is 0 Å². The fourth-order valence-corrected chi connectivity index (χ4v) is 4.42. The molecule has 10 heteroatoms. The summed E-state index contributed by atoms with van der Waals surface area (Å²) in [6, 6.07) is 6.92. The molecular weight excluding hydrogens is 442 g/mol. The predicted octanol–water partition coefficient (Wildman–Crippen LogP) is 3.71. The number of imidazole rings is 1. The van der Waals surface area contributed by atoms with E-state index in [1.54, 1.807) is 27.8 Å². The number of halogens is 2. The smallest absolute Gasteiger partial charge is 0.283 e. The minimum Gasteiger partial charge on any atom is -0.481 e. The summed E-state index contributed by atoms with van der Waals surface area (Å²) in [5.41, 5.74) is 0.746. The summed E-state index contributed by atoms with van der Waals surface area (Å²) in [5.74, 6) is 0.309. The van der Waals surface area contributed by atoms with Crippen LogP contribution < -0.4 is 9.64 Å². The molecule has 0 aliphatic carbocycles. The largest absolute Gasteiger partial charge is 0.481 e. The minimum atomic E-state index is -0.673. The van der Waals surface area contributed by atoms with Crippen LogP contribution in [0.1, 0.15) is 36.8 Å². The molecule has 5 rings (SSSR count). The Kier molecular flexibility index (Phi) is 5.11. The van der Waals surface area contributed by atoms with Gasteiger partial charge >= 0.3 is 0 Å². The van der Waals surface area contributed by atoms with Crippen LogP contribution in [-0.4, -0.2) is 57.0 Å². The van der Waals surface area contributed by atoms with Gasteiger partial charge < -0.3 is 9.30 Å². The van der Waals surface area contributed by atoms with Crippen molar-refractivity contribution in [2.24, 2.45) is 4.99 Å². The van der Waals surface area contributed by atoms with Gasteiger partial charge in [-0.05, 0) is 32.9 Å². The van der Waals surface area contributed by atoms with Crippen LogP contribution in [0, 0.1) is 11.6 Å². The number of nitrogens with zero attached hydrogens (tertiary/aromatic N) is 6. The van der Waals surface area contributed by atoms with Gasteiger partial charge in [0.15, 0.2) is 5.69 Å². The number of ether oxygens (including phenoxy) is 1. The fourth-order valence-electron chi connectivity index (χ4n) is 4.42. The zero-order valence-corrected chi connectivity index (χ0v) is 19.3. The molecule has 2 aliphatic rings. The molecule has 0 unspecified atom stereocenters. The van der Waals surface area contributed by atoms with Crippen LogP contribution in [0.4, 0.5) is 14.6 Å². The molecular formula is C24H24F2N6O2. The third kappa shape index (κ3) is 3.49. The van der Waals surface area contributed by atoms with Crippen LogP contribution in [-0.2, 0) is 6.54 Å². The minimum absolute atomic E-state index is 0.0397. The first-order chi connectivity index (χ1) is 16.2. The van der Waals surface area contributed by atoms with Crippen molar-refractivity contribution in [3.8, 4) is 17.3 Å². The Labute approximate surface area is 195 Å². The number of carbonyl (C=O) groups excluding carboxylic acids is 1. The third-order valence-corrected chi connectivity index (χ3v) is 5.94. The topological polar surface area (TPSA) is 75.9 Å². The lowest BCUT2D eigenvalue weighted by molar-refractivity contribution is 0.0841. The molecule has 3 aromatic rings. The van der Waals surface area contributed by atoms with Gasteiger partial charge in [0.1, 0.15) is 23.3 Å². The highest BCUT2D eigenvalue weighted by Crippen LogP contribution is 2.39. The summed E-state index contributed by atoms with van der Waals surface area (Å²) in [5, 5.41) is 0. The lowest BCUT2D eigenvalue weighted by atomic mass is 10.1. The number of hydrogen-bond donors (Lipinski definition) is 0. The second kappa shape index (κ2) is 7.89. The Bertz CT molecular complexity index is 1330. The molecule has 1 amide bonds. The molecule has 0 bridgehead atoms. The van der Waals surface area contributed by atoms with E-state index < -0.39 is 17.2 Å². The molecule has 0 fully saturated rings. The highest BCUT2D eigenvalue weighted by Gasteiger charge is 2.45. The molecule has 176 valence electrons. The van der Waals surface area contributed by atoms with Crippen LogP contribution in [0.5, 0.6) is 5.88 Å². The van der Waals surface area contributed by atoms with E-state index in [-0.39, 0.29) is 23.7 Å². The summed E-state index contributed by atoms with van der Waals surface area (Å²) in [6.45, 7) is 6.86. The van der Waals surface area contributed by atoms with E-state index in [1.807, 2.05) is 25.7 Å². The van der Waals surface area contributed by atoms with Crippen molar-refractivity contribution < 1.29 is 18.3 Å². The first kappa shape index (κ1) is 22.0. The lowest BCUT2D eigenvalue weighted by Crippen LogP contribution is -2.51. The van der Waals surface area contributed by atoms with Crippen LogP contribution in [0.15, 0.2) is 41.5 Å². The van der Waals surface area contributed by atoms with Gasteiger partial charge in [-0.15, -0.1) is 0 Å². The van der Waals surface area contributed by atoms with Crippen LogP contribution in [0.25, 0.3) is 11.4 Å². The number of anilines is 1. The predicted molar refractivity (Wildman–Crippen MR) is 123 cm³/mol. The fraction of sp³-hybridized carbons (Fsp3) is 0.333. The zero-order chi connectivity index (χ0) is 24.2. The van der Waals surface area contributed by atoms with Crippen molar-refractivity contribution in [2.75, 3.05) is 25.1 Å². The number of fused-ring (bicyclic) bond motifs is 3. The Hall–Kier alpha value is -3.82. The number of guanidine groups is 1. The quantitative estimate of drug-likeness (QED) is 0.573.